The fourth-order valence-electron chi connectivity index (χ4n) is 2.32. The molecular weight excluding hydrogens is 377 g/mol. The van der Waals surface area contributed by atoms with Crippen LogP contribution in [-0.4, -0.2) is 33.0 Å². The van der Waals surface area contributed by atoms with Gasteiger partial charge in [0.15, 0.2) is 24.3 Å². The van der Waals surface area contributed by atoms with Crippen LogP contribution in [-0.2, 0) is 0 Å². The fraction of sp³-hybridized carbons (Fsp3) is 0.176. The van der Waals surface area contributed by atoms with Crippen molar-refractivity contribution in [1.82, 2.24) is 13.9 Å². The molecule has 0 amide bonds. The summed E-state index contributed by atoms with van der Waals surface area (Å²) in [6, 6.07) is 5.07. The summed E-state index contributed by atoms with van der Waals surface area (Å²) in [6.45, 7) is 4.00. The van der Waals surface area contributed by atoms with Crippen LogP contribution in [0, 0.1) is 5.41 Å². The number of nitrogens with one attached hydrogen (secondary N) is 2. The monoisotopic (exact) mass is 393 g/mol. The predicted molar refractivity (Wildman–Crippen MR) is 105 cm³/mol. The first kappa shape index (κ1) is 19.9. The number of hydrogen-bond donors (Lipinski definition) is 2. The zero-order valence-electron chi connectivity index (χ0n) is 14.4. The Kier molecular flexibility index (Phi) is 6.70. The summed E-state index contributed by atoms with van der Waals surface area (Å²) >= 11 is 5.89. The molecule has 2 aromatic heterocycles. The molecule has 3 rings (SSSR count). The Bertz CT molecular complexity index is 960. The van der Waals surface area contributed by atoms with Gasteiger partial charge in [0.2, 0.25) is 0 Å². The Morgan fingerprint density at radius 1 is 1.42 bits per heavy atom. The lowest BCUT2D eigenvalue weighted by molar-refractivity contribution is 0.112. The van der Waals surface area contributed by atoms with Gasteiger partial charge >= 0.3 is 0 Å². The first-order chi connectivity index (χ1) is 12.6. The highest BCUT2D eigenvalue weighted by Crippen LogP contribution is 2.25. The normalized spacial score (nSPS) is 10.2. The van der Waals surface area contributed by atoms with E-state index < -0.39 is 0 Å². The van der Waals surface area contributed by atoms with Crippen LogP contribution in [0.5, 0.6) is 0 Å². The zero-order chi connectivity index (χ0) is 19.3. The van der Waals surface area contributed by atoms with Crippen LogP contribution in [0.3, 0.4) is 0 Å². The van der Waals surface area contributed by atoms with E-state index in [1.54, 1.807) is 25.2 Å². The van der Waals surface area contributed by atoms with Gasteiger partial charge < -0.3 is 5.32 Å². The molecule has 9 heteroatoms. The molecule has 1 aromatic carbocycles. The van der Waals surface area contributed by atoms with E-state index in [4.69, 9.17) is 17.0 Å². The topological polar surface area (TPSA) is 83.7 Å². The quantitative estimate of drug-likeness (QED) is 0.482. The number of anilines is 1. The second-order valence-corrected chi connectivity index (χ2v) is 5.81. The molecule has 0 unspecified atom stereocenters. The summed E-state index contributed by atoms with van der Waals surface area (Å²) in [6.07, 6.45) is 3.27. The van der Waals surface area contributed by atoms with E-state index in [0.29, 0.717) is 22.6 Å². The Balaban J connectivity index is 0.00000117. The van der Waals surface area contributed by atoms with E-state index in [2.05, 4.69) is 15.3 Å². The molecule has 0 fully saturated rings. The number of hydrogen-bond acceptors (Lipinski definition) is 6. The van der Waals surface area contributed by atoms with Crippen LogP contribution in [0.4, 0.5) is 9.57 Å². The van der Waals surface area contributed by atoms with Crippen molar-refractivity contribution in [2.24, 2.45) is 0 Å². The number of halogens is 2. The van der Waals surface area contributed by atoms with Gasteiger partial charge in [0.05, 0.1) is 17.5 Å². The van der Waals surface area contributed by atoms with Crippen molar-refractivity contribution < 1.29 is 8.68 Å². The van der Waals surface area contributed by atoms with Crippen LogP contribution in [0.2, 0.25) is 5.02 Å². The van der Waals surface area contributed by atoms with Crippen LogP contribution in [0.15, 0.2) is 30.6 Å². The molecule has 0 aliphatic heterocycles. The molecule has 3 aromatic rings. The van der Waals surface area contributed by atoms with Crippen molar-refractivity contribution in [3.05, 3.63) is 52.4 Å². The number of carbonyl (C=O) groups is 1. The summed E-state index contributed by atoms with van der Waals surface area (Å²) in [5.74, 6) is 0. The molecule has 0 bridgehead atoms. The Labute approximate surface area is 159 Å². The van der Waals surface area contributed by atoms with E-state index in [9.17, 15) is 8.68 Å². The molecule has 0 radical (unpaired) electrons. The van der Waals surface area contributed by atoms with Crippen LogP contribution >= 0.6 is 23.9 Å². The molecule has 2 N–H and O–H groups in total. The largest absolute Gasteiger partial charge is 0.388 e. The molecule has 0 saturated carbocycles. The maximum absolute atomic E-state index is 12.9. The van der Waals surface area contributed by atoms with E-state index in [1.165, 1.54) is 12.4 Å². The van der Waals surface area contributed by atoms with Crippen molar-refractivity contribution in [3.8, 4) is 0 Å². The lowest BCUT2D eigenvalue weighted by Crippen LogP contribution is -2.08. The Morgan fingerprint density at radius 2 is 2.15 bits per heavy atom. The lowest BCUT2D eigenvalue weighted by Gasteiger charge is -2.10. The van der Waals surface area contributed by atoms with Gasteiger partial charge in [-0.3, -0.25) is 10.2 Å². The third-order valence-electron chi connectivity index (χ3n) is 3.47. The Hall–Kier alpha value is -2.45. The minimum absolute atomic E-state index is 0.0703. The average Bonchev–Trinajstić information content (AvgIpc) is 3.06. The minimum atomic E-state index is -0.0703. The summed E-state index contributed by atoms with van der Waals surface area (Å²) in [4.78, 5) is 19.6. The van der Waals surface area contributed by atoms with Crippen LogP contribution in [0.25, 0.3) is 11.2 Å². The molecule has 0 spiro atoms. The molecular formula is C17H17ClFN5OS. The van der Waals surface area contributed by atoms with Crippen molar-refractivity contribution in [3.63, 3.8) is 0 Å². The van der Waals surface area contributed by atoms with E-state index in [1.807, 2.05) is 13.8 Å². The summed E-state index contributed by atoms with van der Waals surface area (Å²) in [5.41, 5.74) is 2.32. The highest BCUT2D eigenvalue weighted by molar-refractivity contribution is 7.92. The van der Waals surface area contributed by atoms with E-state index >= 15 is 0 Å². The van der Waals surface area contributed by atoms with Gasteiger partial charge in [-0.1, -0.05) is 25.4 Å². The molecule has 0 atom stereocenters. The fourth-order valence-corrected chi connectivity index (χ4v) is 2.85. The van der Waals surface area contributed by atoms with Gasteiger partial charge in [-0.2, -0.15) is 0 Å². The summed E-state index contributed by atoms with van der Waals surface area (Å²) in [5, 5.41) is 11.9. The number of aromatic nitrogens is 3. The Morgan fingerprint density at radius 3 is 2.77 bits per heavy atom. The van der Waals surface area contributed by atoms with E-state index in [0.717, 1.165) is 3.97 Å². The van der Waals surface area contributed by atoms with Gasteiger partial charge in [-0.15, -0.1) is 3.89 Å². The first-order valence-corrected chi connectivity index (χ1v) is 8.83. The average molecular weight is 394 g/mol. The van der Waals surface area contributed by atoms with Gasteiger partial charge in [-0.05, 0) is 18.2 Å². The van der Waals surface area contributed by atoms with Gasteiger partial charge in [-0.25, -0.2) is 13.9 Å². The molecule has 0 aliphatic carbocycles. The maximum Gasteiger partial charge on any atom is 0.171 e. The number of aldehydes is 1. The number of rotatable bonds is 5. The highest BCUT2D eigenvalue weighted by atomic mass is 35.5. The van der Waals surface area contributed by atoms with Gasteiger partial charge in [0, 0.05) is 29.5 Å². The second-order valence-electron chi connectivity index (χ2n) is 4.84. The highest BCUT2D eigenvalue weighted by Gasteiger charge is 2.16. The van der Waals surface area contributed by atoms with Crippen molar-refractivity contribution in [2.45, 2.75) is 13.8 Å². The molecule has 0 aliphatic rings. The van der Waals surface area contributed by atoms with Crippen molar-refractivity contribution in [1.29, 1.82) is 5.41 Å². The van der Waals surface area contributed by atoms with Gasteiger partial charge in [0.25, 0.3) is 0 Å². The number of benzene rings is 1. The molecule has 6 nitrogen and oxygen atoms in total. The van der Waals surface area contributed by atoms with E-state index in [-0.39, 0.29) is 40.5 Å². The summed E-state index contributed by atoms with van der Waals surface area (Å²) in [7, 11) is 1.72. The molecule has 0 saturated heterocycles. The number of nitrogens with zero attached hydrogens (tertiary/aromatic N) is 3. The number of fused-ring (bicyclic) bond motifs is 1. The number of carbonyl (C=O) groups excluding carboxylic acids is 1. The predicted octanol–water partition coefficient (Wildman–Crippen LogP) is 4.76. The smallest absolute Gasteiger partial charge is 0.171 e. The molecule has 26 heavy (non-hydrogen) atoms. The van der Waals surface area contributed by atoms with Crippen molar-refractivity contribution >= 4 is 52.8 Å². The first-order valence-electron chi connectivity index (χ1n) is 7.78. The second kappa shape index (κ2) is 8.77. The lowest BCUT2D eigenvalue weighted by atomic mass is 10.1. The molecule has 2 heterocycles. The van der Waals surface area contributed by atoms with Crippen LogP contribution in [0.1, 0.15) is 35.5 Å². The van der Waals surface area contributed by atoms with Crippen LogP contribution < -0.4 is 5.32 Å². The minimum Gasteiger partial charge on any atom is -0.388 e. The third-order valence-corrected chi connectivity index (χ3v) is 4.13. The maximum atomic E-state index is 12.9. The zero-order valence-corrected chi connectivity index (χ0v) is 16.0. The third kappa shape index (κ3) is 3.71. The SMILES string of the molecule is CC.CNc1cc(Cl)ccc1C(=N)c1cnc2c(n1)c(C=O)cn2SF. The molecule has 136 valence electrons. The summed E-state index contributed by atoms with van der Waals surface area (Å²) < 4.78 is 14.0. The van der Waals surface area contributed by atoms with Crippen molar-refractivity contribution in [2.75, 3.05) is 12.4 Å². The van der Waals surface area contributed by atoms with Gasteiger partial charge in [0.1, 0.15) is 11.2 Å². The standard InChI is InChI=1S/C15H11ClFN5OS.C2H6/c1-19-11-4-9(16)2-3-10(11)13(18)12-5-20-15-14(21-12)8(7-23)6-22(15)24-17;1-2/h2-7,18-19H,1H3;1-2H3.